The van der Waals surface area contributed by atoms with Gasteiger partial charge in [0.2, 0.25) is 0 Å². The van der Waals surface area contributed by atoms with Crippen LogP contribution in [0.3, 0.4) is 0 Å². The van der Waals surface area contributed by atoms with Gasteiger partial charge in [-0.1, -0.05) is 24.3 Å². The topological polar surface area (TPSA) is 40.5 Å². The summed E-state index contributed by atoms with van der Waals surface area (Å²) in [5, 5.41) is 20.7. The second kappa shape index (κ2) is 3.44. The summed E-state index contributed by atoms with van der Waals surface area (Å²) >= 11 is 6.54. The average molecular weight is 318 g/mol. The largest absolute Gasteiger partial charge is 0.504 e. The van der Waals surface area contributed by atoms with Gasteiger partial charge in [0.15, 0.2) is 11.5 Å². The number of phenols is 2. The maximum Gasteiger partial charge on any atom is 0.173 e. The van der Waals surface area contributed by atoms with Gasteiger partial charge in [-0.05, 0) is 31.9 Å². The average Bonchev–Trinajstić information content (AvgIpc) is 2.23. The summed E-state index contributed by atoms with van der Waals surface area (Å²) in [6.07, 6.45) is 0. The zero-order valence-corrected chi connectivity index (χ0v) is 10.1. The summed E-state index contributed by atoms with van der Waals surface area (Å²) in [5.41, 5.74) is 0. The predicted molar refractivity (Wildman–Crippen MR) is 62.7 cm³/mol. The SMILES string of the molecule is Oc1c(Br)c(Br)c2ccccc2c1O. The van der Waals surface area contributed by atoms with Crippen LogP contribution in [0.4, 0.5) is 0 Å². The van der Waals surface area contributed by atoms with Crippen LogP contribution in [0.2, 0.25) is 0 Å². The van der Waals surface area contributed by atoms with Crippen LogP contribution in [0, 0.1) is 0 Å². The van der Waals surface area contributed by atoms with Crippen molar-refractivity contribution in [2.75, 3.05) is 0 Å². The van der Waals surface area contributed by atoms with E-state index in [4.69, 9.17) is 0 Å². The number of hydrogen-bond acceptors (Lipinski definition) is 2. The highest BCUT2D eigenvalue weighted by Gasteiger charge is 2.14. The molecule has 0 amide bonds. The van der Waals surface area contributed by atoms with E-state index in [9.17, 15) is 10.2 Å². The minimum atomic E-state index is -0.143. The lowest BCUT2D eigenvalue weighted by atomic mass is 10.1. The summed E-state index contributed by atoms with van der Waals surface area (Å²) in [7, 11) is 0. The Morgan fingerprint density at radius 1 is 0.786 bits per heavy atom. The molecule has 0 radical (unpaired) electrons. The van der Waals surface area contributed by atoms with E-state index in [1.807, 2.05) is 18.2 Å². The molecule has 2 aromatic carbocycles. The van der Waals surface area contributed by atoms with Gasteiger partial charge in [0.25, 0.3) is 0 Å². The molecule has 0 heterocycles. The lowest BCUT2D eigenvalue weighted by molar-refractivity contribution is 0.405. The molecule has 0 saturated carbocycles. The van der Waals surface area contributed by atoms with Gasteiger partial charge in [-0.2, -0.15) is 0 Å². The lowest BCUT2D eigenvalue weighted by Crippen LogP contribution is -1.80. The monoisotopic (exact) mass is 316 g/mol. The number of halogens is 2. The van der Waals surface area contributed by atoms with Crippen LogP contribution in [0.25, 0.3) is 10.8 Å². The van der Waals surface area contributed by atoms with Gasteiger partial charge in [0, 0.05) is 15.2 Å². The van der Waals surface area contributed by atoms with Gasteiger partial charge in [0.1, 0.15) is 0 Å². The van der Waals surface area contributed by atoms with E-state index in [2.05, 4.69) is 31.9 Å². The summed E-state index contributed by atoms with van der Waals surface area (Å²) in [4.78, 5) is 0. The van der Waals surface area contributed by atoms with Crippen LogP contribution in [0.5, 0.6) is 11.5 Å². The Kier molecular flexibility index (Phi) is 2.41. The van der Waals surface area contributed by atoms with Gasteiger partial charge in [0.05, 0.1) is 4.47 Å². The van der Waals surface area contributed by atoms with Crippen molar-refractivity contribution in [1.29, 1.82) is 0 Å². The van der Waals surface area contributed by atoms with Crippen LogP contribution in [0.1, 0.15) is 0 Å². The normalized spacial score (nSPS) is 10.7. The maximum atomic E-state index is 9.66. The molecule has 0 aliphatic carbocycles. The third-order valence-electron chi connectivity index (χ3n) is 2.04. The summed E-state index contributed by atoms with van der Waals surface area (Å²) in [5.74, 6) is -0.244. The molecule has 0 fully saturated rings. The molecule has 0 spiro atoms. The molecule has 2 nitrogen and oxygen atoms in total. The molecule has 0 aromatic heterocycles. The molecule has 2 N–H and O–H groups in total. The number of rotatable bonds is 0. The van der Waals surface area contributed by atoms with E-state index < -0.39 is 0 Å². The van der Waals surface area contributed by atoms with E-state index in [1.165, 1.54) is 0 Å². The first-order valence-electron chi connectivity index (χ1n) is 3.90. The Morgan fingerprint density at radius 2 is 1.36 bits per heavy atom. The van der Waals surface area contributed by atoms with Crippen LogP contribution in [-0.2, 0) is 0 Å². The van der Waals surface area contributed by atoms with Gasteiger partial charge < -0.3 is 10.2 Å². The van der Waals surface area contributed by atoms with Crippen molar-refractivity contribution >= 4 is 42.6 Å². The van der Waals surface area contributed by atoms with E-state index in [-0.39, 0.29) is 11.5 Å². The van der Waals surface area contributed by atoms with Crippen molar-refractivity contribution in [1.82, 2.24) is 0 Å². The highest BCUT2D eigenvalue weighted by molar-refractivity contribution is 9.13. The summed E-state index contributed by atoms with van der Waals surface area (Å²) < 4.78 is 1.21. The Labute approximate surface area is 97.4 Å². The number of phenolic OH excluding ortho intramolecular Hbond substituents is 2. The quantitative estimate of drug-likeness (QED) is 0.726. The Bertz CT molecular complexity index is 462. The van der Waals surface area contributed by atoms with Crippen molar-refractivity contribution in [3.05, 3.63) is 33.2 Å². The van der Waals surface area contributed by atoms with E-state index in [1.54, 1.807) is 6.07 Å². The van der Waals surface area contributed by atoms with Crippen molar-refractivity contribution in [2.45, 2.75) is 0 Å². The smallest absolute Gasteiger partial charge is 0.173 e. The minimum Gasteiger partial charge on any atom is -0.504 e. The minimum absolute atomic E-state index is 0.101. The Morgan fingerprint density at radius 3 is 2.00 bits per heavy atom. The molecule has 0 atom stereocenters. The lowest BCUT2D eigenvalue weighted by Gasteiger charge is -2.08. The second-order valence-electron chi connectivity index (χ2n) is 2.87. The molecule has 0 saturated heterocycles. The number of fused-ring (bicyclic) bond motifs is 1. The highest BCUT2D eigenvalue weighted by Crippen LogP contribution is 2.45. The van der Waals surface area contributed by atoms with Gasteiger partial charge in [-0.3, -0.25) is 0 Å². The Balaban J connectivity index is 3.02. The van der Waals surface area contributed by atoms with Crippen LogP contribution in [-0.4, -0.2) is 10.2 Å². The first kappa shape index (κ1) is 9.80. The van der Waals surface area contributed by atoms with Gasteiger partial charge in [-0.25, -0.2) is 0 Å². The highest BCUT2D eigenvalue weighted by atomic mass is 79.9. The first-order valence-corrected chi connectivity index (χ1v) is 5.49. The Hall–Kier alpha value is -0.740. The molecule has 0 bridgehead atoms. The number of hydrogen-bond donors (Lipinski definition) is 2. The molecule has 0 aliphatic heterocycles. The van der Waals surface area contributed by atoms with Gasteiger partial charge in [-0.15, -0.1) is 0 Å². The molecule has 4 heteroatoms. The van der Waals surface area contributed by atoms with E-state index in [0.717, 1.165) is 9.86 Å². The predicted octanol–water partition coefficient (Wildman–Crippen LogP) is 3.78. The maximum absolute atomic E-state index is 9.66. The van der Waals surface area contributed by atoms with Crippen molar-refractivity contribution in [3.8, 4) is 11.5 Å². The number of benzene rings is 2. The molecule has 0 aliphatic rings. The molecular formula is C10H6Br2O2. The second-order valence-corrected chi connectivity index (χ2v) is 4.46. The fourth-order valence-electron chi connectivity index (χ4n) is 1.33. The molecule has 2 rings (SSSR count). The van der Waals surface area contributed by atoms with Crippen LogP contribution < -0.4 is 0 Å². The fourth-order valence-corrected chi connectivity index (χ4v) is 2.27. The first-order chi connectivity index (χ1) is 6.63. The number of aromatic hydroxyl groups is 2. The molecule has 2 aromatic rings. The van der Waals surface area contributed by atoms with Crippen LogP contribution in [0.15, 0.2) is 33.2 Å². The van der Waals surface area contributed by atoms with Crippen molar-refractivity contribution in [3.63, 3.8) is 0 Å². The zero-order chi connectivity index (χ0) is 10.3. The summed E-state index contributed by atoms with van der Waals surface area (Å²) in [6.45, 7) is 0. The van der Waals surface area contributed by atoms with E-state index in [0.29, 0.717) is 9.86 Å². The molecule has 0 unspecified atom stereocenters. The van der Waals surface area contributed by atoms with Crippen LogP contribution >= 0.6 is 31.9 Å². The fraction of sp³-hybridized carbons (Fsp3) is 0. The standard InChI is InChI=1S/C10H6Br2O2/c11-7-5-3-1-2-4-6(5)9(13)10(14)8(7)12/h1-4,13-14H. The molecule has 72 valence electrons. The molecule has 14 heavy (non-hydrogen) atoms. The zero-order valence-electron chi connectivity index (χ0n) is 6.96. The van der Waals surface area contributed by atoms with Crippen molar-refractivity contribution in [2.24, 2.45) is 0 Å². The summed E-state index contributed by atoms with van der Waals surface area (Å²) in [6, 6.07) is 7.29. The van der Waals surface area contributed by atoms with Crippen molar-refractivity contribution < 1.29 is 10.2 Å². The van der Waals surface area contributed by atoms with E-state index >= 15 is 0 Å². The van der Waals surface area contributed by atoms with Gasteiger partial charge >= 0.3 is 0 Å². The third-order valence-corrected chi connectivity index (χ3v) is 4.17. The molecular weight excluding hydrogens is 312 g/mol. The third kappa shape index (κ3) is 1.29.